The Balaban J connectivity index is 2.10. The number of nitrogens with zero attached hydrogens (tertiary/aromatic N) is 2. The highest BCUT2D eigenvalue weighted by molar-refractivity contribution is 6.30. The molecule has 5 heteroatoms. The van der Waals surface area contributed by atoms with Crippen molar-refractivity contribution in [2.45, 2.75) is 0 Å². The number of aromatic nitrogens is 1. The van der Waals surface area contributed by atoms with Gasteiger partial charge < -0.3 is 10.2 Å². The van der Waals surface area contributed by atoms with Crippen molar-refractivity contribution in [3.05, 3.63) is 47.6 Å². The Kier molecular flexibility index (Phi) is 2.64. The number of pyridine rings is 1. The minimum Gasteiger partial charge on any atom is -0.321 e. The van der Waals surface area contributed by atoms with Crippen molar-refractivity contribution in [3.63, 3.8) is 0 Å². The Labute approximate surface area is 109 Å². The summed E-state index contributed by atoms with van der Waals surface area (Å²) in [6.45, 7) is 0.240. The van der Waals surface area contributed by atoms with Gasteiger partial charge in [-0.05, 0) is 30.3 Å². The number of hydrogen-bond donors (Lipinski definition) is 1. The van der Waals surface area contributed by atoms with Gasteiger partial charge >= 0.3 is 0 Å². The van der Waals surface area contributed by atoms with E-state index in [1.54, 1.807) is 18.3 Å². The van der Waals surface area contributed by atoms with Crippen LogP contribution in [0.1, 0.15) is 0 Å². The molecular formula is C13H10ClN3O. The third-order valence-electron chi connectivity index (χ3n) is 2.74. The lowest BCUT2D eigenvalue weighted by atomic mass is 10.2. The van der Waals surface area contributed by atoms with E-state index in [-0.39, 0.29) is 12.5 Å². The van der Waals surface area contributed by atoms with Crippen molar-refractivity contribution in [3.8, 4) is 0 Å². The van der Waals surface area contributed by atoms with Crippen LogP contribution in [0, 0.1) is 0 Å². The molecule has 1 aromatic heterocycles. The number of hydrogen-bond acceptors (Lipinski definition) is 3. The maximum absolute atomic E-state index is 11.7. The molecule has 2 heterocycles. The summed E-state index contributed by atoms with van der Waals surface area (Å²) in [6, 6.07) is 11.0. The molecule has 90 valence electrons. The smallest absolute Gasteiger partial charge is 0.244 e. The first kappa shape index (κ1) is 11.0. The van der Waals surface area contributed by atoms with Crippen LogP contribution < -0.4 is 10.2 Å². The second-order valence-corrected chi connectivity index (χ2v) is 4.43. The van der Waals surface area contributed by atoms with Gasteiger partial charge in [-0.15, -0.1) is 0 Å². The zero-order valence-corrected chi connectivity index (χ0v) is 10.2. The maximum atomic E-state index is 11.7. The van der Waals surface area contributed by atoms with E-state index in [0.29, 0.717) is 10.7 Å². The second kappa shape index (κ2) is 4.31. The number of halogens is 1. The number of benzene rings is 1. The first-order valence-electron chi connectivity index (χ1n) is 5.52. The van der Waals surface area contributed by atoms with E-state index in [4.69, 9.17) is 11.6 Å². The Morgan fingerprint density at radius 2 is 2.17 bits per heavy atom. The van der Waals surface area contributed by atoms with Crippen molar-refractivity contribution in [2.24, 2.45) is 0 Å². The summed E-state index contributed by atoms with van der Waals surface area (Å²) in [5.74, 6) is 0.676. The van der Waals surface area contributed by atoms with Gasteiger partial charge in [0, 0.05) is 16.9 Å². The third-order valence-corrected chi connectivity index (χ3v) is 2.97. The van der Waals surface area contributed by atoms with E-state index in [0.717, 1.165) is 11.5 Å². The van der Waals surface area contributed by atoms with E-state index in [1.807, 2.05) is 29.2 Å². The van der Waals surface area contributed by atoms with Crippen molar-refractivity contribution in [2.75, 3.05) is 16.8 Å². The average molecular weight is 260 g/mol. The molecule has 0 saturated carbocycles. The lowest BCUT2D eigenvalue weighted by molar-refractivity contribution is -0.115. The molecule has 18 heavy (non-hydrogen) atoms. The average Bonchev–Trinajstić information content (AvgIpc) is 2.37. The Hall–Kier alpha value is -2.07. The highest BCUT2D eigenvalue weighted by Gasteiger charge is 2.23. The molecule has 1 aliphatic heterocycles. The number of fused-ring (bicyclic) bond motifs is 1. The zero-order chi connectivity index (χ0) is 12.5. The topological polar surface area (TPSA) is 45.2 Å². The number of carbonyl (C=O) groups is 1. The van der Waals surface area contributed by atoms with E-state index in [9.17, 15) is 4.79 Å². The van der Waals surface area contributed by atoms with Gasteiger partial charge in [-0.25, -0.2) is 4.98 Å². The van der Waals surface area contributed by atoms with Crippen molar-refractivity contribution in [1.82, 2.24) is 4.98 Å². The minimum atomic E-state index is -0.0597. The summed E-state index contributed by atoms with van der Waals surface area (Å²) < 4.78 is 0. The molecule has 4 nitrogen and oxygen atoms in total. The van der Waals surface area contributed by atoms with Crippen LogP contribution in [-0.4, -0.2) is 17.4 Å². The zero-order valence-electron chi connectivity index (χ0n) is 9.43. The Morgan fingerprint density at radius 3 is 3.00 bits per heavy atom. The number of amides is 1. The van der Waals surface area contributed by atoms with Gasteiger partial charge in [0.25, 0.3) is 0 Å². The number of carbonyl (C=O) groups excluding carboxylic acids is 1. The standard InChI is InChI=1S/C13H10ClN3O/c14-9-3-1-4-10(7-9)17-8-12(18)16-11-5-2-6-15-13(11)17/h1-7H,8H2,(H,16,18). The fourth-order valence-corrected chi connectivity index (χ4v) is 2.16. The summed E-state index contributed by atoms with van der Waals surface area (Å²) in [7, 11) is 0. The van der Waals surface area contributed by atoms with E-state index < -0.39 is 0 Å². The van der Waals surface area contributed by atoms with Crippen LogP contribution in [0.15, 0.2) is 42.6 Å². The van der Waals surface area contributed by atoms with Crippen LogP contribution in [0.25, 0.3) is 0 Å². The molecule has 2 aromatic rings. The SMILES string of the molecule is O=C1CN(c2cccc(Cl)c2)c2ncccc2N1. The first-order valence-corrected chi connectivity index (χ1v) is 5.90. The molecule has 1 N–H and O–H groups in total. The van der Waals surface area contributed by atoms with Gasteiger partial charge in [-0.3, -0.25) is 4.79 Å². The maximum Gasteiger partial charge on any atom is 0.244 e. The highest BCUT2D eigenvalue weighted by Crippen LogP contribution is 2.33. The molecule has 0 atom stereocenters. The van der Waals surface area contributed by atoms with E-state index >= 15 is 0 Å². The van der Waals surface area contributed by atoms with Crippen LogP contribution in [0.3, 0.4) is 0 Å². The Bertz CT molecular complexity index is 615. The van der Waals surface area contributed by atoms with Crippen LogP contribution in [0.2, 0.25) is 5.02 Å². The normalized spacial score (nSPS) is 14.1. The summed E-state index contributed by atoms with van der Waals surface area (Å²) in [4.78, 5) is 17.8. The van der Waals surface area contributed by atoms with Crippen molar-refractivity contribution >= 4 is 34.7 Å². The monoisotopic (exact) mass is 259 g/mol. The van der Waals surface area contributed by atoms with Crippen LogP contribution >= 0.6 is 11.6 Å². The van der Waals surface area contributed by atoms with Gasteiger partial charge in [0.15, 0.2) is 5.82 Å². The lowest BCUT2D eigenvalue weighted by Crippen LogP contribution is -2.35. The first-order chi connectivity index (χ1) is 8.74. The van der Waals surface area contributed by atoms with Crippen LogP contribution in [0.4, 0.5) is 17.2 Å². The molecule has 0 fully saturated rings. The summed E-state index contributed by atoms with van der Waals surface area (Å²) >= 11 is 5.98. The fourth-order valence-electron chi connectivity index (χ4n) is 1.98. The predicted octanol–water partition coefficient (Wildman–Crippen LogP) is 2.83. The minimum absolute atomic E-state index is 0.0597. The summed E-state index contributed by atoms with van der Waals surface area (Å²) in [5.41, 5.74) is 1.58. The largest absolute Gasteiger partial charge is 0.321 e. The molecule has 0 unspecified atom stereocenters. The number of nitrogens with one attached hydrogen (secondary N) is 1. The molecule has 0 spiro atoms. The number of rotatable bonds is 1. The second-order valence-electron chi connectivity index (χ2n) is 3.99. The van der Waals surface area contributed by atoms with E-state index in [2.05, 4.69) is 10.3 Å². The van der Waals surface area contributed by atoms with Gasteiger partial charge in [0.1, 0.15) is 6.54 Å². The fraction of sp³-hybridized carbons (Fsp3) is 0.0769. The van der Waals surface area contributed by atoms with Crippen molar-refractivity contribution < 1.29 is 4.79 Å². The molecule has 0 radical (unpaired) electrons. The molecule has 0 bridgehead atoms. The lowest BCUT2D eigenvalue weighted by Gasteiger charge is -2.29. The molecule has 1 aliphatic rings. The predicted molar refractivity (Wildman–Crippen MR) is 71.3 cm³/mol. The summed E-state index contributed by atoms with van der Waals surface area (Å²) in [6.07, 6.45) is 1.70. The van der Waals surface area contributed by atoms with Gasteiger partial charge in [0.2, 0.25) is 5.91 Å². The van der Waals surface area contributed by atoms with Crippen LogP contribution in [-0.2, 0) is 4.79 Å². The molecule has 1 amide bonds. The van der Waals surface area contributed by atoms with Crippen molar-refractivity contribution in [1.29, 1.82) is 0 Å². The molecular weight excluding hydrogens is 250 g/mol. The summed E-state index contributed by atoms with van der Waals surface area (Å²) in [5, 5.41) is 3.43. The quantitative estimate of drug-likeness (QED) is 0.857. The Morgan fingerprint density at radius 1 is 1.28 bits per heavy atom. The molecule has 0 saturated heterocycles. The van der Waals surface area contributed by atoms with E-state index in [1.165, 1.54) is 0 Å². The highest BCUT2D eigenvalue weighted by atomic mass is 35.5. The van der Waals surface area contributed by atoms with Gasteiger partial charge in [-0.2, -0.15) is 0 Å². The number of anilines is 3. The molecule has 0 aliphatic carbocycles. The molecule has 3 rings (SSSR count). The molecule has 1 aromatic carbocycles. The third kappa shape index (κ3) is 1.91. The van der Waals surface area contributed by atoms with Gasteiger partial charge in [0.05, 0.1) is 5.69 Å². The van der Waals surface area contributed by atoms with Gasteiger partial charge in [-0.1, -0.05) is 17.7 Å². The van der Waals surface area contributed by atoms with Crippen LogP contribution in [0.5, 0.6) is 0 Å².